The summed E-state index contributed by atoms with van der Waals surface area (Å²) in [6.45, 7) is 11.8. The van der Waals surface area contributed by atoms with Gasteiger partial charge in [-0.05, 0) is 36.3 Å². The molecule has 0 saturated heterocycles. The highest BCUT2D eigenvalue weighted by atomic mass is 28.4. The van der Waals surface area contributed by atoms with Gasteiger partial charge in [-0.2, -0.15) is 5.10 Å². The summed E-state index contributed by atoms with van der Waals surface area (Å²) in [5.74, 6) is 0. The molecule has 0 fully saturated rings. The molecule has 1 N–H and O–H groups in total. The molecule has 4 nitrogen and oxygen atoms in total. The molecule has 20 heavy (non-hydrogen) atoms. The fraction of sp³-hybridized carbons (Fsp3) is 0.467. The van der Waals surface area contributed by atoms with Gasteiger partial charge in [-0.1, -0.05) is 20.8 Å². The van der Waals surface area contributed by atoms with Gasteiger partial charge in [0.05, 0.1) is 18.0 Å². The third kappa shape index (κ3) is 3.35. The van der Waals surface area contributed by atoms with E-state index in [1.165, 1.54) is 0 Å². The van der Waals surface area contributed by atoms with E-state index < -0.39 is 8.32 Å². The summed E-state index contributed by atoms with van der Waals surface area (Å²) in [6, 6.07) is 5.95. The molecule has 2 rings (SSSR count). The van der Waals surface area contributed by atoms with Crippen LogP contribution in [0.15, 0.2) is 30.6 Å². The Kier molecular flexibility index (Phi) is 4.11. The predicted octanol–water partition coefficient (Wildman–Crippen LogP) is 3.99. The van der Waals surface area contributed by atoms with Gasteiger partial charge in [0, 0.05) is 18.0 Å². The molecule has 0 amide bonds. The topological polar surface area (TPSA) is 50.8 Å². The van der Waals surface area contributed by atoms with Crippen LogP contribution in [0.25, 0.3) is 11.3 Å². The Morgan fingerprint density at radius 2 is 2.05 bits per heavy atom. The summed E-state index contributed by atoms with van der Waals surface area (Å²) < 4.78 is 6.18. The third-order valence-corrected chi connectivity index (χ3v) is 8.46. The highest BCUT2D eigenvalue weighted by Crippen LogP contribution is 2.37. The summed E-state index contributed by atoms with van der Waals surface area (Å²) in [4.78, 5) is 4.11. The molecule has 2 heterocycles. The van der Waals surface area contributed by atoms with Crippen molar-refractivity contribution in [3.05, 3.63) is 36.3 Å². The Hall–Kier alpha value is -1.46. The van der Waals surface area contributed by atoms with Crippen molar-refractivity contribution >= 4 is 8.32 Å². The summed E-state index contributed by atoms with van der Waals surface area (Å²) in [5.41, 5.74) is 2.93. The Morgan fingerprint density at radius 3 is 2.65 bits per heavy atom. The SMILES string of the molecule is CC(C)(C)[Si](C)(C)OCc1cc(-c2cccnc2)n[nH]1. The van der Waals surface area contributed by atoms with Crippen molar-refractivity contribution in [1.29, 1.82) is 0 Å². The van der Waals surface area contributed by atoms with Crippen LogP contribution in [0.5, 0.6) is 0 Å². The van der Waals surface area contributed by atoms with E-state index >= 15 is 0 Å². The molecular formula is C15H23N3OSi. The van der Waals surface area contributed by atoms with Crippen molar-refractivity contribution in [2.45, 2.75) is 45.5 Å². The van der Waals surface area contributed by atoms with Crippen LogP contribution >= 0.6 is 0 Å². The van der Waals surface area contributed by atoms with E-state index in [-0.39, 0.29) is 5.04 Å². The van der Waals surface area contributed by atoms with Crippen molar-refractivity contribution in [3.63, 3.8) is 0 Å². The number of aromatic nitrogens is 3. The summed E-state index contributed by atoms with van der Waals surface area (Å²) in [5, 5.41) is 7.59. The van der Waals surface area contributed by atoms with Gasteiger partial charge >= 0.3 is 0 Å². The maximum absolute atomic E-state index is 6.18. The van der Waals surface area contributed by atoms with Gasteiger partial charge in [0.25, 0.3) is 0 Å². The van der Waals surface area contributed by atoms with Crippen LogP contribution in [0.3, 0.4) is 0 Å². The minimum atomic E-state index is -1.72. The number of nitrogens with one attached hydrogen (secondary N) is 1. The van der Waals surface area contributed by atoms with E-state index in [0.717, 1.165) is 17.0 Å². The van der Waals surface area contributed by atoms with E-state index in [2.05, 4.69) is 49.0 Å². The number of hydrogen-bond donors (Lipinski definition) is 1. The number of nitrogens with zero attached hydrogens (tertiary/aromatic N) is 2. The molecule has 2 aromatic rings. The van der Waals surface area contributed by atoms with Gasteiger partial charge in [-0.3, -0.25) is 10.1 Å². The van der Waals surface area contributed by atoms with Crippen LogP contribution in [0, 0.1) is 0 Å². The third-order valence-electron chi connectivity index (χ3n) is 3.98. The monoisotopic (exact) mass is 289 g/mol. The lowest BCUT2D eigenvalue weighted by atomic mass is 10.2. The highest BCUT2D eigenvalue weighted by molar-refractivity contribution is 6.74. The first-order chi connectivity index (χ1) is 9.29. The fourth-order valence-electron chi connectivity index (χ4n) is 1.57. The van der Waals surface area contributed by atoms with Gasteiger partial charge in [-0.25, -0.2) is 0 Å². The quantitative estimate of drug-likeness (QED) is 0.866. The molecule has 0 saturated carbocycles. The van der Waals surface area contributed by atoms with E-state index in [1.54, 1.807) is 6.20 Å². The second-order valence-corrected chi connectivity index (χ2v) is 11.4. The first-order valence-electron chi connectivity index (χ1n) is 6.88. The molecule has 0 unspecified atom stereocenters. The molecular weight excluding hydrogens is 266 g/mol. The molecule has 0 aliphatic carbocycles. The summed E-state index contributed by atoms with van der Waals surface area (Å²) in [7, 11) is -1.72. The van der Waals surface area contributed by atoms with Gasteiger partial charge in [-0.15, -0.1) is 0 Å². The normalized spacial score (nSPS) is 12.7. The predicted molar refractivity (Wildman–Crippen MR) is 83.8 cm³/mol. The van der Waals surface area contributed by atoms with Crippen LogP contribution in [-0.2, 0) is 11.0 Å². The molecule has 0 aliphatic rings. The average Bonchev–Trinajstić information content (AvgIpc) is 2.85. The van der Waals surface area contributed by atoms with Gasteiger partial charge in [0.15, 0.2) is 8.32 Å². The molecule has 2 aromatic heterocycles. The van der Waals surface area contributed by atoms with Crippen LogP contribution < -0.4 is 0 Å². The second-order valence-electron chi connectivity index (χ2n) is 6.57. The fourth-order valence-corrected chi connectivity index (χ4v) is 2.52. The first kappa shape index (κ1) is 14.9. The van der Waals surface area contributed by atoms with E-state index in [1.807, 2.05) is 24.4 Å². The smallest absolute Gasteiger partial charge is 0.192 e. The lowest BCUT2D eigenvalue weighted by Crippen LogP contribution is -2.40. The summed E-state index contributed by atoms with van der Waals surface area (Å²) >= 11 is 0. The zero-order chi connectivity index (χ0) is 14.8. The number of aromatic amines is 1. The van der Waals surface area contributed by atoms with Crippen LogP contribution in [0.1, 0.15) is 26.5 Å². The summed E-state index contributed by atoms with van der Waals surface area (Å²) in [6.07, 6.45) is 3.58. The van der Waals surface area contributed by atoms with Crippen LogP contribution in [0.4, 0.5) is 0 Å². The average molecular weight is 289 g/mol. The Labute approximate surface area is 121 Å². The molecule has 0 spiro atoms. The molecule has 0 aliphatic heterocycles. The van der Waals surface area contributed by atoms with Crippen molar-refractivity contribution in [3.8, 4) is 11.3 Å². The van der Waals surface area contributed by atoms with E-state index in [9.17, 15) is 0 Å². The minimum Gasteiger partial charge on any atom is -0.411 e. The number of hydrogen-bond acceptors (Lipinski definition) is 3. The van der Waals surface area contributed by atoms with Crippen molar-refractivity contribution < 1.29 is 4.43 Å². The van der Waals surface area contributed by atoms with Crippen molar-refractivity contribution in [1.82, 2.24) is 15.2 Å². The highest BCUT2D eigenvalue weighted by Gasteiger charge is 2.37. The van der Waals surface area contributed by atoms with Gasteiger partial charge < -0.3 is 4.43 Å². The molecule has 5 heteroatoms. The molecule has 0 radical (unpaired) electrons. The Morgan fingerprint density at radius 1 is 1.30 bits per heavy atom. The largest absolute Gasteiger partial charge is 0.411 e. The molecule has 0 aromatic carbocycles. The standard InChI is InChI=1S/C15H23N3OSi/c1-15(2,3)20(4,5)19-11-13-9-14(18-17-13)12-7-6-8-16-10-12/h6-10H,11H2,1-5H3,(H,17,18). The zero-order valence-electron chi connectivity index (χ0n) is 12.9. The van der Waals surface area contributed by atoms with Crippen molar-refractivity contribution in [2.24, 2.45) is 0 Å². The minimum absolute atomic E-state index is 0.221. The number of H-pyrrole nitrogens is 1. The van der Waals surface area contributed by atoms with Gasteiger partial charge in [0.1, 0.15) is 0 Å². The first-order valence-corrected chi connectivity index (χ1v) is 9.79. The molecule has 0 atom stereocenters. The van der Waals surface area contributed by atoms with Crippen LogP contribution in [-0.4, -0.2) is 23.5 Å². The number of rotatable bonds is 4. The molecule has 0 bridgehead atoms. The lowest BCUT2D eigenvalue weighted by Gasteiger charge is -2.35. The van der Waals surface area contributed by atoms with E-state index in [4.69, 9.17) is 4.43 Å². The van der Waals surface area contributed by atoms with Crippen LogP contribution in [0.2, 0.25) is 18.1 Å². The second kappa shape index (κ2) is 5.50. The van der Waals surface area contributed by atoms with E-state index in [0.29, 0.717) is 6.61 Å². The lowest BCUT2D eigenvalue weighted by molar-refractivity contribution is 0.272. The maximum Gasteiger partial charge on any atom is 0.192 e. The maximum atomic E-state index is 6.18. The number of pyridine rings is 1. The van der Waals surface area contributed by atoms with Gasteiger partial charge in [0.2, 0.25) is 0 Å². The zero-order valence-corrected chi connectivity index (χ0v) is 13.9. The Balaban J connectivity index is 2.04. The van der Waals surface area contributed by atoms with Crippen molar-refractivity contribution in [2.75, 3.05) is 0 Å². The Bertz CT molecular complexity index is 558. The molecule has 108 valence electrons.